The van der Waals surface area contributed by atoms with Crippen LogP contribution in [0.3, 0.4) is 0 Å². The van der Waals surface area contributed by atoms with Crippen molar-refractivity contribution in [1.82, 2.24) is 4.90 Å². The normalized spacial score (nSPS) is 11.5. The summed E-state index contributed by atoms with van der Waals surface area (Å²) in [6.07, 6.45) is 0. The maximum Gasteiger partial charge on any atom is 0.261 e. The Labute approximate surface area is 214 Å². The van der Waals surface area contributed by atoms with Crippen molar-refractivity contribution in [2.45, 2.75) is 13.0 Å². The van der Waals surface area contributed by atoms with E-state index in [1.54, 1.807) is 24.3 Å². The fraction of sp³-hybridized carbons (Fsp3) is 0.103. The van der Waals surface area contributed by atoms with E-state index in [0.29, 0.717) is 16.9 Å². The number of rotatable bonds is 7. The molecule has 0 bridgehead atoms. The van der Waals surface area contributed by atoms with Gasteiger partial charge in [-0.25, -0.2) is 0 Å². The second kappa shape index (κ2) is 10.8. The van der Waals surface area contributed by atoms with E-state index in [4.69, 9.17) is 16.9 Å². The molecular formula is C29H27N5O3. The minimum atomic E-state index is -1.19. The third-order valence-corrected chi connectivity index (χ3v) is 6.07. The molecule has 0 aliphatic heterocycles. The first-order valence-electron chi connectivity index (χ1n) is 11.7. The van der Waals surface area contributed by atoms with E-state index in [-0.39, 0.29) is 11.4 Å². The molecule has 3 amide bonds. The quantitative estimate of drug-likeness (QED) is 0.266. The maximum atomic E-state index is 14.1. The van der Waals surface area contributed by atoms with Crippen LogP contribution in [0, 0.1) is 5.41 Å². The molecule has 8 nitrogen and oxygen atoms in total. The molecule has 4 rings (SSSR count). The molecule has 0 unspecified atom stereocenters. The Bertz CT molecular complexity index is 1480. The van der Waals surface area contributed by atoms with Crippen LogP contribution >= 0.6 is 0 Å². The van der Waals surface area contributed by atoms with Crippen molar-refractivity contribution in [2.75, 3.05) is 11.4 Å². The van der Waals surface area contributed by atoms with Crippen LogP contribution in [-0.2, 0) is 9.59 Å². The summed E-state index contributed by atoms with van der Waals surface area (Å²) in [6, 6.07) is 27.2. The maximum absolute atomic E-state index is 14.1. The summed E-state index contributed by atoms with van der Waals surface area (Å²) in [5.41, 5.74) is 12.9. The molecule has 0 aromatic heterocycles. The second-order valence-electron chi connectivity index (χ2n) is 8.45. The fourth-order valence-electron chi connectivity index (χ4n) is 4.23. The standard InChI is InChI=1S/C29H27N5O3/c1-19(33(26(35)18-30)29(37)22-12-7-11-21(17-22)27(31)32)28(36)34(23-13-3-2-4-14-23)25-16-8-10-20-9-5-6-15-24(20)25/h2-17,19H,18,30H2,1H3,(H3,31,32)/t19-/m0/s1. The van der Waals surface area contributed by atoms with Gasteiger partial charge in [0.25, 0.3) is 11.8 Å². The second-order valence-corrected chi connectivity index (χ2v) is 8.45. The van der Waals surface area contributed by atoms with Gasteiger partial charge in [-0.3, -0.25) is 29.6 Å². The van der Waals surface area contributed by atoms with Crippen LogP contribution in [0.2, 0.25) is 0 Å². The number of fused-ring (bicyclic) bond motifs is 1. The summed E-state index contributed by atoms with van der Waals surface area (Å²) in [7, 11) is 0. The smallest absolute Gasteiger partial charge is 0.261 e. The highest BCUT2D eigenvalue weighted by molar-refractivity contribution is 6.14. The van der Waals surface area contributed by atoms with Gasteiger partial charge < -0.3 is 11.5 Å². The van der Waals surface area contributed by atoms with Gasteiger partial charge in [-0.2, -0.15) is 0 Å². The van der Waals surface area contributed by atoms with Gasteiger partial charge in [-0.05, 0) is 42.6 Å². The molecule has 0 saturated heterocycles. The number of nitrogen functional groups attached to an aromatic ring is 1. The van der Waals surface area contributed by atoms with E-state index in [1.165, 1.54) is 24.0 Å². The summed E-state index contributed by atoms with van der Waals surface area (Å²) in [6.45, 7) is 1.04. The van der Waals surface area contributed by atoms with E-state index >= 15 is 0 Å². The van der Waals surface area contributed by atoms with E-state index in [1.807, 2.05) is 60.7 Å². The Morgan fingerprint density at radius 3 is 2.16 bits per heavy atom. The Balaban J connectivity index is 1.81. The highest BCUT2D eigenvalue weighted by Crippen LogP contribution is 2.33. The van der Waals surface area contributed by atoms with Gasteiger partial charge in [0.05, 0.1) is 12.2 Å². The largest absolute Gasteiger partial charge is 0.384 e. The van der Waals surface area contributed by atoms with Gasteiger partial charge in [0, 0.05) is 22.2 Å². The fourth-order valence-corrected chi connectivity index (χ4v) is 4.23. The number of nitrogens with zero attached hydrogens (tertiary/aromatic N) is 2. The number of amides is 3. The average Bonchev–Trinajstić information content (AvgIpc) is 2.93. The zero-order chi connectivity index (χ0) is 26.5. The van der Waals surface area contributed by atoms with Crippen molar-refractivity contribution >= 4 is 45.7 Å². The number of carbonyl (C=O) groups excluding carboxylic acids is 3. The SMILES string of the molecule is C[C@@H](C(=O)N(c1ccccc1)c1cccc2ccccc12)N(C(=O)CN)C(=O)c1cccc(C(=N)N)c1. The van der Waals surface area contributed by atoms with Crippen molar-refractivity contribution in [1.29, 1.82) is 5.41 Å². The zero-order valence-electron chi connectivity index (χ0n) is 20.3. The van der Waals surface area contributed by atoms with Crippen LogP contribution in [0.4, 0.5) is 11.4 Å². The summed E-state index contributed by atoms with van der Waals surface area (Å²) in [4.78, 5) is 43.0. The average molecular weight is 494 g/mol. The van der Waals surface area contributed by atoms with E-state index in [0.717, 1.165) is 15.7 Å². The Hall–Kier alpha value is -4.82. The molecule has 1 atom stereocenters. The minimum absolute atomic E-state index is 0.116. The number of hydrogen-bond acceptors (Lipinski definition) is 5. The van der Waals surface area contributed by atoms with Gasteiger partial charge in [0.2, 0.25) is 5.91 Å². The number of benzene rings is 4. The number of anilines is 2. The number of imide groups is 1. The lowest BCUT2D eigenvalue weighted by molar-refractivity contribution is -0.134. The molecule has 0 heterocycles. The molecule has 0 aliphatic rings. The van der Waals surface area contributed by atoms with Crippen LogP contribution in [0.15, 0.2) is 97.1 Å². The van der Waals surface area contributed by atoms with Crippen LogP contribution in [-0.4, -0.2) is 41.0 Å². The third-order valence-electron chi connectivity index (χ3n) is 6.07. The van der Waals surface area contributed by atoms with Crippen molar-refractivity contribution < 1.29 is 14.4 Å². The topological polar surface area (TPSA) is 134 Å². The highest BCUT2D eigenvalue weighted by Gasteiger charge is 2.35. The predicted molar refractivity (Wildman–Crippen MR) is 145 cm³/mol. The summed E-state index contributed by atoms with van der Waals surface area (Å²) >= 11 is 0. The molecular weight excluding hydrogens is 466 g/mol. The summed E-state index contributed by atoms with van der Waals surface area (Å²) in [5.74, 6) is -2.11. The number of nitrogens with one attached hydrogen (secondary N) is 1. The minimum Gasteiger partial charge on any atom is -0.384 e. The van der Waals surface area contributed by atoms with Crippen LogP contribution in [0.25, 0.3) is 10.8 Å². The van der Waals surface area contributed by atoms with Gasteiger partial charge in [0.15, 0.2) is 0 Å². The molecule has 4 aromatic rings. The van der Waals surface area contributed by atoms with Crippen LogP contribution in [0.5, 0.6) is 0 Å². The van der Waals surface area contributed by atoms with E-state index in [9.17, 15) is 14.4 Å². The summed E-state index contributed by atoms with van der Waals surface area (Å²) < 4.78 is 0. The Kier molecular flexibility index (Phi) is 7.41. The Morgan fingerprint density at radius 2 is 1.46 bits per heavy atom. The number of nitrogens with two attached hydrogens (primary N) is 2. The van der Waals surface area contributed by atoms with Crippen molar-refractivity contribution in [3.63, 3.8) is 0 Å². The molecule has 37 heavy (non-hydrogen) atoms. The molecule has 5 N–H and O–H groups in total. The van der Waals surface area contributed by atoms with Gasteiger partial charge in [-0.1, -0.05) is 66.7 Å². The third kappa shape index (κ3) is 5.10. The zero-order valence-corrected chi connectivity index (χ0v) is 20.3. The van der Waals surface area contributed by atoms with Crippen molar-refractivity contribution in [3.05, 3.63) is 108 Å². The van der Waals surface area contributed by atoms with Crippen molar-refractivity contribution in [3.8, 4) is 0 Å². The van der Waals surface area contributed by atoms with Crippen LogP contribution < -0.4 is 16.4 Å². The number of para-hydroxylation sites is 1. The van der Waals surface area contributed by atoms with E-state index < -0.39 is 30.3 Å². The highest BCUT2D eigenvalue weighted by atomic mass is 16.2. The van der Waals surface area contributed by atoms with Gasteiger partial charge >= 0.3 is 0 Å². The molecule has 4 aromatic carbocycles. The lowest BCUT2D eigenvalue weighted by Crippen LogP contribution is -2.52. The van der Waals surface area contributed by atoms with Crippen molar-refractivity contribution in [2.24, 2.45) is 11.5 Å². The monoisotopic (exact) mass is 493 g/mol. The van der Waals surface area contributed by atoms with E-state index in [2.05, 4.69) is 0 Å². The number of amidine groups is 1. The van der Waals surface area contributed by atoms with Gasteiger partial charge in [0.1, 0.15) is 11.9 Å². The first-order chi connectivity index (χ1) is 17.8. The molecule has 0 spiro atoms. The first kappa shape index (κ1) is 25.3. The lowest BCUT2D eigenvalue weighted by atomic mass is 10.1. The lowest BCUT2D eigenvalue weighted by Gasteiger charge is -2.32. The predicted octanol–water partition coefficient (Wildman–Crippen LogP) is 3.80. The number of carbonyl (C=O) groups is 3. The molecule has 0 saturated carbocycles. The van der Waals surface area contributed by atoms with Crippen LogP contribution in [0.1, 0.15) is 22.8 Å². The molecule has 186 valence electrons. The molecule has 8 heteroatoms. The molecule has 0 fully saturated rings. The Morgan fingerprint density at radius 1 is 0.838 bits per heavy atom. The van der Waals surface area contributed by atoms with Gasteiger partial charge in [-0.15, -0.1) is 0 Å². The number of hydrogen-bond donors (Lipinski definition) is 3. The first-order valence-corrected chi connectivity index (χ1v) is 11.7. The molecule has 0 radical (unpaired) electrons. The molecule has 0 aliphatic carbocycles. The summed E-state index contributed by atoms with van der Waals surface area (Å²) in [5, 5.41) is 9.45.